The molecule has 0 aromatic carbocycles. The molecule has 0 radical (unpaired) electrons. The Bertz CT molecular complexity index is 746. The Morgan fingerprint density at radius 1 is 1.33 bits per heavy atom. The molecular weight excluding hydrogens is 348 g/mol. The molecule has 3 aliphatic heterocycles. The van der Waals surface area contributed by atoms with E-state index in [9.17, 15) is 9.59 Å². The lowest BCUT2D eigenvalue weighted by molar-refractivity contribution is -0.120. The van der Waals surface area contributed by atoms with Crippen LogP contribution in [-0.4, -0.2) is 52.0 Å². The monoisotopic (exact) mass is 376 g/mol. The number of aromatic nitrogens is 2. The van der Waals surface area contributed by atoms with Crippen LogP contribution in [0.15, 0.2) is 0 Å². The Morgan fingerprint density at radius 3 is 2.85 bits per heavy atom. The van der Waals surface area contributed by atoms with E-state index in [2.05, 4.69) is 5.32 Å². The van der Waals surface area contributed by atoms with Gasteiger partial charge >= 0.3 is 6.09 Å². The number of carbonyl (C=O) groups excluding carboxylic acids is 2. The number of nitrogens with one attached hydrogen (secondary N) is 1. The third-order valence-electron chi connectivity index (χ3n) is 5.30. The molecule has 0 saturated carbocycles. The molecule has 4 rings (SSSR count). The van der Waals surface area contributed by atoms with Gasteiger partial charge in [0.2, 0.25) is 5.91 Å². The van der Waals surface area contributed by atoms with Gasteiger partial charge in [-0.05, 0) is 40.0 Å². The van der Waals surface area contributed by atoms with Crippen molar-refractivity contribution in [3.05, 3.63) is 17.0 Å². The predicted molar refractivity (Wildman–Crippen MR) is 97.2 cm³/mol. The average molecular weight is 376 g/mol. The summed E-state index contributed by atoms with van der Waals surface area (Å²) in [6.45, 7) is 7.25. The molecule has 4 heterocycles. The van der Waals surface area contributed by atoms with E-state index in [1.54, 1.807) is 4.90 Å². The van der Waals surface area contributed by atoms with Crippen molar-refractivity contribution < 1.29 is 19.1 Å². The zero-order valence-electron chi connectivity index (χ0n) is 16.3. The van der Waals surface area contributed by atoms with Crippen LogP contribution in [0.25, 0.3) is 0 Å². The maximum absolute atomic E-state index is 12.8. The second-order valence-corrected chi connectivity index (χ2v) is 8.49. The van der Waals surface area contributed by atoms with Crippen LogP contribution in [0.4, 0.5) is 4.79 Å². The molecule has 8 nitrogen and oxygen atoms in total. The van der Waals surface area contributed by atoms with E-state index in [1.165, 1.54) is 0 Å². The van der Waals surface area contributed by atoms with Crippen LogP contribution < -0.4 is 5.32 Å². The Balaban J connectivity index is 1.69. The van der Waals surface area contributed by atoms with Gasteiger partial charge in [-0.25, -0.2) is 9.48 Å². The largest absolute Gasteiger partial charge is 0.444 e. The molecule has 2 atom stereocenters. The van der Waals surface area contributed by atoms with Gasteiger partial charge in [0.05, 0.1) is 18.2 Å². The third-order valence-corrected chi connectivity index (χ3v) is 5.30. The van der Waals surface area contributed by atoms with Crippen molar-refractivity contribution in [1.82, 2.24) is 20.0 Å². The minimum atomic E-state index is -0.561. The van der Waals surface area contributed by atoms with Gasteiger partial charge in [-0.2, -0.15) is 5.10 Å². The summed E-state index contributed by atoms with van der Waals surface area (Å²) in [7, 11) is 0. The van der Waals surface area contributed by atoms with Crippen LogP contribution in [0, 0.1) is 0 Å². The van der Waals surface area contributed by atoms with E-state index in [0.29, 0.717) is 19.5 Å². The van der Waals surface area contributed by atoms with Gasteiger partial charge in [-0.3, -0.25) is 9.69 Å². The Morgan fingerprint density at radius 2 is 2.15 bits per heavy atom. The standard InChI is InChI=1S/C19H28N4O4/c1-19(2,3)27-18(25)22-8-7-13-17-12(10-15(24)20-11-14(17)22)21-23(13)16-6-4-5-9-26-16/h14,16H,4-11H2,1-3H3,(H,20,24). The molecule has 0 bridgehead atoms. The second kappa shape index (κ2) is 6.82. The molecule has 2 amide bonds. The van der Waals surface area contributed by atoms with E-state index in [-0.39, 0.29) is 30.7 Å². The Kier molecular flexibility index (Phi) is 4.61. The molecule has 8 heteroatoms. The summed E-state index contributed by atoms with van der Waals surface area (Å²) in [5.74, 6) is -0.0643. The van der Waals surface area contributed by atoms with Gasteiger partial charge in [0, 0.05) is 37.4 Å². The molecule has 0 aliphatic carbocycles. The summed E-state index contributed by atoms with van der Waals surface area (Å²) in [4.78, 5) is 26.7. The number of rotatable bonds is 1. The first-order valence-corrected chi connectivity index (χ1v) is 9.81. The van der Waals surface area contributed by atoms with Gasteiger partial charge < -0.3 is 14.8 Å². The van der Waals surface area contributed by atoms with Crippen LogP contribution in [0.3, 0.4) is 0 Å². The summed E-state index contributed by atoms with van der Waals surface area (Å²) >= 11 is 0. The fourth-order valence-corrected chi connectivity index (χ4v) is 4.17. The zero-order valence-corrected chi connectivity index (χ0v) is 16.3. The van der Waals surface area contributed by atoms with Gasteiger partial charge in [-0.15, -0.1) is 0 Å². The van der Waals surface area contributed by atoms with Crippen molar-refractivity contribution in [2.24, 2.45) is 0 Å². The normalized spacial score (nSPS) is 25.4. The van der Waals surface area contributed by atoms with Crippen molar-refractivity contribution in [2.45, 2.75) is 70.7 Å². The van der Waals surface area contributed by atoms with Crippen LogP contribution in [0.2, 0.25) is 0 Å². The minimum Gasteiger partial charge on any atom is -0.444 e. The van der Waals surface area contributed by atoms with Crippen LogP contribution in [0.1, 0.15) is 69.3 Å². The first-order chi connectivity index (χ1) is 12.8. The first kappa shape index (κ1) is 18.3. The number of carbonyl (C=O) groups is 2. The fraction of sp³-hybridized carbons (Fsp3) is 0.737. The number of hydrogen-bond acceptors (Lipinski definition) is 5. The lowest BCUT2D eigenvalue weighted by Crippen LogP contribution is -2.46. The van der Waals surface area contributed by atoms with Crippen molar-refractivity contribution in [2.75, 3.05) is 19.7 Å². The Hall–Kier alpha value is -2.09. The first-order valence-electron chi connectivity index (χ1n) is 9.81. The third kappa shape index (κ3) is 3.54. The minimum absolute atomic E-state index is 0.0643. The maximum Gasteiger partial charge on any atom is 0.410 e. The molecule has 148 valence electrons. The number of amides is 2. The molecule has 1 aromatic rings. The van der Waals surface area contributed by atoms with E-state index < -0.39 is 5.60 Å². The highest BCUT2D eigenvalue weighted by Crippen LogP contribution is 2.37. The van der Waals surface area contributed by atoms with Crippen molar-refractivity contribution >= 4 is 12.0 Å². The van der Waals surface area contributed by atoms with E-state index >= 15 is 0 Å². The topological polar surface area (TPSA) is 85.7 Å². The molecule has 2 unspecified atom stereocenters. The quantitative estimate of drug-likeness (QED) is 0.811. The average Bonchev–Trinajstić information content (AvgIpc) is 2.88. The summed E-state index contributed by atoms with van der Waals surface area (Å²) in [5.41, 5.74) is 2.29. The predicted octanol–water partition coefficient (Wildman–Crippen LogP) is 2.09. The molecule has 1 aromatic heterocycles. The van der Waals surface area contributed by atoms with Crippen molar-refractivity contribution in [3.8, 4) is 0 Å². The van der Waals surface area contributed by atoms with Crippen molar-refractivity contribution in [1.29, 1.82) is 0 Å². The van der Waals surface area contributed by atoms with E-state index in [0.717, 1.165) is 42.8 Å². The maximum atomic E-state index is 12.8. The molecule has 27 heavy (non-hydrogen) atoms. The summed E-state index contributed by atoms with van der Waals surface area (Å²) in [6.07, 6.45) is 3.62. The number of hydrogen-bond donors (Lipinski definition) is 1. The van der Waals surface area contributed by atoms with Gasteiger partial charge in [0.1, 0.15) is 11.8 Å². The zero-order chi connectivity index (χ0) is 19.2. The van der Waals surface area contributed by atoms with Crippen LogP contribution in [-0.2, 0) is 27.1 Å². The summed E-state index contributed by atoms with van der Waals surface area (Å²) in [6, 6.07) is -0.248. The molecule has 0 spiro atoms. The number of nitrogens with zero attached hydrogens (tertiary/aromatic N) is 3. The SMILES string of the molecule is CC(C)(C)OC(=O)N1CCc2c3c(nn2C2CCCCO2)CC(=O)NCC31. The van der Waals surface area contributed by atoms with E-state index in [4.69, 9.17) is 14.6 Å². The van der Waals surface area contributed by atoms with Crippen molar-refractivity contribution in [3.63, 3.8) is 0 Å². The van der Waals surface area contributed by atoms with E-state index in [1.807, 2.05) is 25.5 Å². The molecule has 1 fully saturated rings. The molecule has 1 N–H and O–H groups in total. The fourth-order valence-electron chi connectivity index (χ4n) is 4.17. The highest BCUT2D eigenvalue weighted by atomic mass is 16.6. The smallest absolute Gasteiger partial charge is 0.410 e. The highest BCUT2D eigenvalue weighted by molar-refractivity contribution is 5.80. The van der Waals surface area contributed by atoms with Gasteiger partial charge in [0.15, 0.2) is 0 Å². The van der Waals surface area contributed by atoms with Crippen LogP contribution in [0.5, 0.6) is 0 Å². The summed E-state index contributed by atoms with van der Waals surface area (Å²) < 4.78 is 13.5. The summed E-state index contributed by atoms with van der Waals surface area (Å²) in [5, 5.41) is 7.68. The van der Waals surface area contributed by atoms with Crippen LogP contribution >= 0.6 is 0 Å². The van der Waals surface area contributed by atoms with Gasteiger partial charge in [0.25, 0.3) is 0 Å². The highest BCUT2D eigenvalue weighted by Gasteiger charge is 2.41. The Labute approximate surface area is 159 Å². The lowest BCUT2D eigenvalue weighted by Gasteiger charge is -2.37. The van der Waals surface area contributed by atoms with Gasteiger partial charge in [-0.1, -0.05) is 0 Å². The second-order valence-electron chi connectivity index (χ2n) is 8.49. The lowest BCUT2D eigenvalue weighted by atomic mass is 9.96. The number of ether oxygens (including phenoxy) is 2. The molecule has 3 aliphatic rings. The molecule has 1 saturated heterocycles. The molecular formula is C19H28N4O4.